The van der Waals surface area contributed by atoms with Crippen LogP contribution in [0.1, 0.15) is 24.0 Å². The monoisotopic (exact) mass is 395 g/mol. The van der Waals surface area contributed by atoms with E-state index in [9.17, 15) is 10.1 Å². The lowest BCUT2D eigenvalue weighted by Gasteiger charge is -2.18. The van der Waals surface area contributed by atoms with Crippen molar-refractivity contribution in [3.63, 3.8) is 0 Å². The number of rotatable bonds is 6. The maximum Gasteiger partial charge on any atom is 0.269 e. The van der Waals surface area contributed by atoms with Crippen molar-refractivity contribution >= 4 is 23.4 Å². The molecule has 2 aromatic carbocycles. The van der Waals surface area contributed by atoms with E-state index in [0.29, 0.717) is 5.75 Å². The largest absolute Gasteiger partial charge is 0.341 e. The fourth-order valence-corrected chi connectivity index (χ4v) is 4.20. The summed E-state index contributed by atoms with van der Waals surface area (Å²) in [5.74, 6) is 1.45. The Morgan fingerprint density at radius 3 is 2.57 bits per heavy atom. The second-order valence-corrected chi connectivity index (χ2v) is 7.81. The van der Waals surface area contributed by atoms with Gasteiger partial charge in [0.05, 0.1) is 10.6 Å². The lowest BCUT2D eigenvalue weighted by Crippen LogP contribution is -2.22. The molecule has 1 aliphatic heterocycles. The summed E-state index contributed by atoms with van der Waals surface area (Å²) in [5.41, 5.74) is 3.22. The van der Waals surface area contributed by atoms with Gasteiger partial charge in [0.25, 0.3) is 5.69 Å². The van der Waals surface area contributed by atoms with E-state index in [1.54, 1.807) is 12.1 Å². The van der Waals surface area contributed by atoms with E-state index in [2.05, 4.69) is 50.9 Å². The average Bonchev–Trinajstić information content (AvgIpc) is 3.37. The molecule has 0 aliphatic carbocycles. The molecular weight excluding hydrogens is 374 g/mol. The van der Waals surface area contributed by atoms with Crippen molar-refractivity contribution in [2.75, 3.05) is 18.0 Å². The molecule has 7 nitrogen and oxygen atoms in total. The number of anilines is 1. The maximum atomic E-state index is 11.0. The summed E-state index contributed by atoms with van der Waals surface area (Å²) in [7, 11) is 0. The molecule has 3 aromatic rings. The Labute approximate surface area is 167 Å². The fraction of sp³-hybridized carbons (Fsp3) is 0.300. The summed E-state index contributed by atoms with van der Waals surface area (Å²) in [6.07, 6.45) is 2.33. The summed E-state index contributed by atoms with van der Waals surface area (Å²) in [4.78, 5) is 12.9. The third-order valence-corrected chi connectivity index (χ3v) is 5.79. The number of hydrogen-bond donors (Lipinski definition) is 0. The average molecular weight is 395 g/mol. The third-order valence-electron chi connectivity index (χ3n) is 4.79. The summed E-state index contributed by atoms with van der Waals surface area (Å²) in [6, 6.07) is 15.1. The van der Waals surface area contributed by atoms with E-state index in [1.165, 1.54) is 23.4 Å². The van der Waals surface area contributed by atoms with Crippen LogP contribution in [0.15, 0.2) is 53.7 Å². The highest BCUT2D eigenvalue weighted by Gasteiger charge is 2.22. The zero-order chi connectivity index (χ0) is 19.5. The highest BCUT2D eigenvalue weighted by molar-refractivity contribution is 7.98. The van der Waals surface area contributed by atoms with E-state index in [1.807, 2.05) is 6.07 Å². The summed E-state index contributed by atoms with van der Waals surface area (Å²) < 4.78 is 2.09. The molecule has 1 aliphatic rings. The molecule has 144 valence electrons. The molecule has 0 atom stereocenters. The Balaban J connectivity index is 1.64. The van der Waals surface area contributed by atoms with Crippen LogP contribution >= 0.6 is 11.8 Å². The van der Waals surface area contributed by atoms with E-state index in [0.717, 1.165) is 48.3 Å². The molecule has 0 amide bonds. The standard InChI is InChI=1S/C20H21N5O2S/c1-15-7-9-17(10-8-15)24-19(23-11-2-3-12-23)21-22-20(24)28-14-16-5-4-6-18(13-16)25(26)27/h4-10,13H,2-3,11-12,14H2,1H3. The number of benzene rings is 2. The van der Waals surface area contributed by atoms with E-state index < -0.39 is 0 Å². The second-order valence-electron chi connectivity index (χ2n) is 6.86. The molecule has 1 saturated heterocycles. The Bertz CT molecular complexity index is 981. The first-order valence-corrected chi connectivity index (χ1v) is 10.2. The van der Waals surface area contributed by atoms with Gasteiger partial charge in [0.1, 0.15) is 0 Å². The maximum absolute atomic E-state index is 11.0. The summed E-state index contributed by atoms with van der Waals surface area (Å²) in [6.45, 7) is 4.04. The number of aryl methyl sites for hydroxylation is 1. The number of nitrogens with zero attached hydrogens (tertiary/aromatic N) is 5. The number of non-ortho nitro benzene ring substituents is 1. The Morgan fingerprint density at radius 2 is 1.86 bits per heavy atom. The topological polar surface area (TPSA) is 77.1 Å². The van der Waals surface area contributed by atoms with Crippen LogP contribution < -0.4 is 4.90 Å². The van der Waals surface area contributed by atoms with E-state index in [4.69, 9.17) is 0 Å². The molecule has 4 rings (SSSR count). The van der Waals surface area contributed by atoms with Crippen LogP contribution in [0, 0.1) is 17.0 Å². The Kier molecular flexibility index (Phi) is 5.29. The van der Waals surface area contributed by atoms with Crippen molar-refractivity contribution in [1.82, 2.24) is 14.8 Å². The molecule has 1 fully saturated rings. The van der Waals surface area contributed by atoms with Crippen molar-refractivity contribution in [2.45, 2.75) is 30.7 Å². The highest BCUT2D eigenvalue weighted by Crippen LogP contribution is 2.31. The van der Waals surface area contributed by atoms with Crippen LogP contribution in [-0.4, -0.2) is 32.8 Å². The van der Waals surface area contributed by atoms with Gasteiger partial charge in [-0.05, 0) is 37.5 Å². The minimum atomic E-state index is -0.367. The molecule has 0 N–H and O–H groups in total. The number of aromatic nitrogens is 3. The lowest BCUT2D eigenvalue weighted by molar-refractivity contribution is -0.384. The molecule has 0 unspecified atom stereocenters. The molecule has 0 saturated carbocycles. The van der Waals surface area contributed by atoms with Gasteiger partial charge in [0.2, 0.25) is 5.95 Å². The van der Waals surface area contributed by atoms with Crippen LogP contribution in [0.25, 0.3) is 5.69 Å². The normalized spacial score (nSPS) is 13.8. The molecule has 1 aromatic heterocycles. The summed E-state index contributed by atoms with van der Waals surface area (Å²) in [5, 5.41) is 20.7. The highest BCUT2D eigenvalue weighted by atomic mass is 32.2. The van der Waals surface area contributed by atoms with Gasteiger partial charge in [-0.15, -0.1) is 10.2 Å². The molecule has 0 spiro atoms. The van der Waals surface area contributed by atoms with Crippen molar-refractivity contribution < 1.29 is 4.92 Å². The summed E-state index contributed by atoms with van der Waals surface area (Å²) >= 11 is 1.54. The molecule has 28 heavy (non-hydrogen) atoms. The van der Waals surface area contributed by atoms with Gasteiger partial charge in [0.15, 0.2) is 5.16 Å². The van der Waals surface area contributed by atoms with Gasteiger partial charge in [-0.25, -0.2) is 0 Å². The van der Waals surface area contributed by atoms with Gasteiger partial charge in [-0.2, -0.15) is 0 Å². The number of nitro benzene ring substituents is 1. The van der Waals surface area contributed by atoms with Gasteiger partial charge >= 0.3 is 0 Å². The quantitative estimate of drug-likeness (QED) is 0.350. The van der Waals surface area contributed by atoms with Crippen molar-refractivity contribution in [3.8, 4) is 5.69 Å². The predicted octanol–water partition coefficient (Wildman–Crippen LogP) is 4.38. The first-order chi connectivity index (χ1) is 13.6. The second kappa shape index (κ2) is 8.02. The molecule has 0 radical (unpaired) electrons. The minimum Gasteiger partial charge on any atom is -0.341 e. The van der Waals surface area contributed by atoms with Gasteiger partial charge in [-0.1, -0.05) is 41.6 Å². The first-order valence-electron chi connectivity index (χ1n) is 9.25. The lowest BCUT2D eigenvalue weighted by atomic mass is 10.2. The van der Waals surface area contributed by atoms with Crippen molar-refractivity contribution in [1.29, 1.82) is 0 Å². The molecule has 0 bridgehead atoms. The van der Waals surface area contributed by atoms with E-state index in [-0.39, 0.29) is 10.6 Å². The SMILES string of the molecule is Cc1ccc(-n2c(SCc3cccc([N+](=O)[O-])c3)nnc2N2CCCC2)cc1. The van der Waals surface area contributed by atoms with Crippen LogP contribution in [0.4, 0.5) is 11.6 Å². The third kappa shape index (κ3) is 3.87. The molecular formula is C20H21N5O2S. The van der Waals surface area contributed by atoms with Crippen LogP contribution in [0.5, 0.6) is 0 Å². The van der Waals surface area contributed by atoms with Gasteiger partial charge in [0, 0.05) is 31.0 Å². The first kappa shape index (κ1) is 18.5. The molecule has 8 heteroatoms. The van der Waals surface area contributed by atoms with Gasteiger partial charge < -0.3 is 4.90 Å². The van der Waals surface area contributed by atoms with Crippen LogP contribution in [-0.2, 0) is 5.75 Å². The zero-order valence-corrected chi connectivity index (χ0v) is 16.4. The Morgan fingerprint density at radius 1 is 1.11 bits per heavy atom. The van der Waals surface area contributed by atoms with Crippen LogP contribution in [0.3, 0.4) is 0 Å². The molecule has 2 heterocycles. The number of thioether (sulfide) groups is 1. The van der Waals surface area contributed by atoms with Gasteiger partial charge in [-0.3, -0.25) is 14.7 Å². The fourth-order valence-electron chi connectivity index (χ4n) is 3.31. The van der Waals surface area contributed by atoms with Crippen molar-refractivity contribution in [2.24, 2.45) is 0 Å². The minimum absolute atomic E-state index is 0.107. The zero-order valence-electron chi connectivity index (χ0n) is 15.6. The number of nitro groups is 1. The number of hydrogen-bond acceptors (Lipinski definition) is 6. The van der Waals surface area contributed by atoms with Crippen LogP contribution in [0.2, 0.25) is 0 Å². The Hall–Kier alpha value is -2.87. The predicted molar refractivity (Wildman–Crippen MR) is 110 cm³/mol. The smallest absolute Gasteiger partial charge is 0.269 e. The van der Waals surface area contributed by atoms with Crippen molar-refractivity contribution in [3.05, 3.63) is 69.8 Å². The van der Waals surface area contributed by atoms with E-state index >= 15 is 0 Å².